The van der Waals surface area contributed by atoms with Crippen molar-refractivity contribution in [1.29, 1.82) is 0 Å². The number of amides is 2. The van der Waals surface area contributed by atoms with Crippen LogP contribution in [-0.4, -0.2) is 60.8 Å². The Morgan fingerprint density at radius 2 is 1.81 bits per heavy atom. The van der Waals surface area contributed by atoms with E-state index >= 15 is 0 Å². The molecule has 4 aromatic rings. The van der Waals surface area contributed by atoms with Gasteiger partial charge in [0.2, 0.25) is 0 Å². The van der Waals surface area contributed by atoms with Gasteiger partial charge in [-0.15, -0.1) is 10.2 Å². The number of nitrogens with one attached hydrogen (secondary N) is 3. The molecule has 0 saturated heterocycles. The number of ether oxygens (including phenoxy) is 1. The van der Waals surface area contributed by atoms with E-state index in [0.29, 0.717) is 40.2 Å². The van der Waals surface area contributed by atoms with Crippen molar-refractivity contribution in [3.8, 4) is 17.1 Å². The van der Waals surface area contributed by atoms with Gasteiger partial charge in [-0.25, -0.2) is 19.6 Å². The smallest absolute Gasteiger partial charge is 0.275 e. The van der Waals surface area contributed by atoms with Gasteiger partial charge in [0, 0.05) is 29.9 Å². The van der Waals surface area contributed by atoms with Gasteiger partial charge in [-0.1, -0.05) is 6.07 Å². The average Bonchev–Trinajstić information content (AvgIpc) is 3.19. The quantitative estimate of drug-likeness (QED) is 0.340. The van der Waals surface area contributed by atoms with Crippen LogP contribution in [0.15, 0.2) is 30.3 Å². The van der Waals surface area contributed by atoms with Crippen LogP contribution in [0.2, 0.25) is 0 Å². The fourth-order valence-corrected chi connectivity index (χ4v) is 3.71. The van der Waals surface area contributed by atoms with Crippen LogP contribution < -0.4 is 20.7 Å². The molecule has 0 fully saturated rings. The van der Waals surface area contributed by atoms with Crippen molar-refractivity contribution in [3.05, 3.63) is 59.1 Å². The molecule has 3 aromatic heterocycles. The van der Waals surface area contributed by atoms with Gasteiger partial charge in [-0.05, 0) is 39.0 Å². The fourth-order valence-electron chi connectivity index (χ4n) is 3.71. The fraction of sp³-hybridized carbons (Fsp3) is 0.250. The lowest BCUT2D eigenvalue weighted by Crippen LogP contribution is -2.22. The molecule has 2 amide bonds. The monoisotopic (exact) mass is 505 g/mol. The molecule has 3 heterocycles. The lowest BCUT2D eigenvalue weighted by Gasteiger charge is -2.16. The lowest BCUT2D eigenvalue weighted by molar-refractivity contribution is 0.0957. The highest BCUT2D eigenvalue weighted by atomic mass is 16.5. The standard InChI is InChI=1S/C24H26N10O3/c1-12-10-18(27-13(2)26-12)23(35)30-19-11-17(20(32-31-19)24(36)25-4)29-16-9-7-8-15(21(16)37-6)22-28-14(3)33-34(22)5/h7-11H,1-6H3,(H,25,36)(H2,29,30,31,35)/i4D3. The molecule has 0 aliphatic rings. The van der Waals surface area contributed by atoms with E-state index in [-0.39, 0.29) is 22.9 Å². The SMILES string of the molecule is [2H]C([2H])([2H])NC(=O)c1nnc(NC(=O)c2cc(C)nc(C)n2)cc1Nc1cccc(-c2nc(C)nn2C)c1OC. The number of anilines is 3. The molecule has 37 heavy (non-hydrogen) atoms. The van der Waals surface area contributed by atoms with Gasteiger partial charge in [-0.3, -0.25) is 9.59 Å². The van der Waals surface area contributed by atoms with E-state index in [0.717, 1.165) is 0 Å². The number of hydrogen-bond donors (Lipinski definition) is 3. The van der Waals surface area contributed by atoms with Crippen molar-refractivity contribution in [1.82, 2.24) is 40.2 Å². The maximum atomic E-state index is 12.9. The highest BCUT2D eigenvalue weighted by Gasteiger charge is 2.20. The number of methoxy groups -OCH3 is 1. The number of aromatic nitrogens is 7. The maximum Gasteiger partial charge on any atom is 0.275 e. The molecule has 1 aromatic carbocycles. The molecule has 0 aliphatic carbocycles. The summed E-state index contributed by atoms with van der Waals surface area (Å²) in [6.07, 6.45) is 0. The molecule has 0 saturated carbocycles. The van der Waals surface area contributed by atoms with Crippen LogP contribution in [0.5, 0.6) is 5.75 Å². The Morgan fingerprint density at radius 3 is 2.49 bits per heavy atom. The van der Waals surface area contributed by atoms with Crippen molar-refractivity contribution in [2.75, 3.05) is 24.7 Å². The molecule has 13 heteroatoms. The number of rotatable bonds is 7. The van der Waals surface area contributed by atoms with Gasteiger partial charge < -0.3 is 20.7 Å². The minimum atomic E-state index is -2.77. The third kappa shape index (κ3) is 5.34. The first-order chi connectivity index (χ1) is 18.8. The minimum absolute atomic E-state index is 0.0223. The maximum absolute atomic E-state index is 12.9. The number of benzene rings is 1. The third-order valence-electron chi connectivity index (χ3n) is 5.16. The molecule has 0 spiro atoms. The first kappa shape index (κ1) is 21.4. The van der Waals surface area contributed by atoms with Crippen molar-refractivity contribution in [2.24, 2.45) is 7.05 Å². The second kappa shape index (κ2) is 10.4. The van der Waals surface area contributed by atoms with Gasteiger partial charge in [0.25, 0.3) is 11.8 Å². The Labute approximate surface area is 216 Å². The van der Waals surface area contributed by atoms with E-state index in [4.69, 9.17) is 8.85 Å². The topological polar surface area (TPSA) is 162 Å². The van der Waals surface area contributed by atoms with Crippen molar-refractivity contribution in [2.45, 2.75) is 20.8 Å². The molecular formula is C24H26N10O3. The van der Waals surface area contributed by atoms with Crippen molar-refractivity contribution >= 4 is 29.0 Å². The summed E-state index contributed by atoms with van der Waals surface area (Å²) in [5.41, 5.74) is 1.44. The zero-order valence-electron chi connectivity index (χ0n) is 23.7. The summed E-state index contributed by atoms with van der Waals surface area (Å²) in [7, 11) is 3.21. The van der Waals surface area contributed by atoms with E-state index in [2.05, 4.69) is 40.9 Å². The number of carbonyl (C=O) groups is 2. The summed E-state index contributed by atoms with van der Waals surface area (Å²) in [6.45, 7) is 2.38. The summed E-state index contributed by atoms with van der Waals surface area (Å²) in [5, 5.41) is 19.6. The van der Waals surface area contributed by atoms with Crippen LogP contribution >= 0.6 is 0 Å². The van der Waals surface area contributed by atoms with Gasteiger partial charge in [0.05, 0.1) is 24.0 Å². The summed E-state index contributed by atoms with van der Waals surface area (Å²) >= 11 is 0. The summed E-state index contributed by atoms with van der Waals surface area (Å²) in [4.78, 5) is 38.4. The molecule has 3 N–H and O–H groups in total. The number of hydrogen-bond acceptors (Lipinski definition) is 10. The Balaban J connectivity index is 1.75. The van der Waals surface area contributed by atoms with E-state index < -0.39 is 18.8 Å². The summed E-state index contributed by atoms with van der Waals surface area (Å²) in [6, 6.07) is 8.07. The lowest BCUT2D eigenvalue weighted by atomic mass is 10.1. The molecular weight excluding hydrogens is 476 g/mol. The predicted molar refractivity (Wildman–Crippen MR) is 136 cm³/mol. The van der Waals surface area contributed by atoms with Gasteiger partial charge in [0.15, 0.2) is 23.1 Å². The average molecular weight is 506 g/mol. The van der Waals surface area contributed by atoms with E-state index in [1.54, 1.807) is 50.7 Å². The highest BCUT2D eigenvalue weighted by molar-refractivity contribution is 6.03. The summed E-state index contributed by atoms with van der Waals surface area (Å²) < 4.78 is 29.5. The van der Waals surface area contributed by atoms with Crippen molar-refractivity contribution < 1.29 is 18.4 Å². The predicted octanol–water partition coefficient (Wildman–Crippen LogP) is 2.35. The van der Waals surface area contributed by atoms with Gasteiger partial charge in [-0.2, -0.15) is 5.10 Å². The normalized spacial score (nSPS) is 12.2. The number of carbonyl (C=O) groups excluding carboxylic acids is 2. The molecule has 4 rings (SSSR count). The first-order valence-corrected chi connectivity index (χ1v) is 11.0. The molecule has 0 bridgehead atoms. The van der Waals surface area contributed by atoms with E-state index in [1.165, 1.54) is 19.2 Å². The number of para-hydroxylation sites is 1. The van der Waals surface area contributed by atoms with Crippen LogP contribution in [-0.2, 0) is 7.05 Å². The Morgan fingerprint density at radius 1 is 1.00 bits per heavy atom. The zero-order chi connectivity index (χ0) is 29.2. The second-order valence-corrected chi connectivity index (χ2v) is 7.96. The second-order valence-electron chi connectivity index (χ2n) is 7.96. The number of aryl methyl sites for hydroxylation is 4. The Hall–Kier alpha value is -4.94. The molecule has 0 atom stereocenters. The van der Waals surface area contributed by atoms with Crippen LogP contribution in [0.1, 0.15) is 42.4 Å². The highest BCUT2D eigenvalue weighted by Crippen LogP contribution is 2.37. The Bertz CT molecular complexity index is 1580. The molecule has 0 unspecified atom stereocenters. The molecule has 0 radical (unpaired) electrons. The minimum Gasteiger partial charge on any atom is -0.494 e. The van der Waals surface area contributed by atoms with Gasteiger partial charge in [0.1, 0.15) is 17.3 Å². The molecule has 13 nitrogen and oxygen atoms in total. The number of nitrogens with zero attached hydrogens (tertiary/aromatic N) is 7. The van der Waals surface area contributed by atoms with Crippen LogP contribution in [0, 0.1) is 20.8 Å². The van der Waals surface area contributed by atoms with Crippen LogP contribution in [0.3, 0.4) is 0 Å². The molecule has 190 valence electrons. The van der Waals surface area contributed by atoms with Crippen molar-refractivity contribution in [3.63, 3.8) is 0 Å². The van der Waals surface area contributed by atoms with Gasteiger partial charge >= 0.3 is 0 Å². The molecule has 0 aliphatic heterocycles. The summed E-state index contributed by atoms with van der Waals surface area (Å²) in [5.74, 6) is 0.282. The third-order valence-corrected chi connectivity index (χ3v) is 5.16. The largest absolute Gasteiger partial charge is 0.494 e. The van der Waals surface area contributed by atoms with E-state index in [1.807, 2.05) is 5.32 Å². The first-order valence-electron chi connectivity index (χ1n) is 12.5. The zero-order valence-corrected chi connectivity index (χ0v) is 20.7. The van der Waals surface area contributed by atoms with Crippen LogP contribution in [0.25, 0.3) is 11.4 Å². The van der Waals surface area contributed by atoms with Crippen LogP contribution in [0.4, 0.5) is 17.2 Å². The van der Waals surface area contributed by atoms with E-state index in [9.17, 15) is 9.59 Å². The Kier molecular flexibility index (Phi) is 5.98.